The Morgan fingerprint density at radius 1 is 1.43 bits per heavy atom. The summed E-state index contributed by atoms with van der Waals surface area (Å²) in [6.45, 7) is 0. The normalized spacial score (nSPS) is 10.1. The van der Waals surface area contributed by atoms with Crippen LogP contribution in [0.4, 0.5) is 4.39 Å². The largest absolute Gasteiger partial charge is 0.497 e. The highest BCUT2D eigenvalue weighted by Crippen LogP contribution is 2.23. The van der Waals surface area contributed by atoms with Gasteiger partial charge in [0.1, 0.15) is 11.4 Å². The molecule has 1 aromatic heterocycles. The van der Waals surface area contributed by atoms with Gasteiger partial charge in [-0.1, -0.05) is 12.1 Å². The van der Waals surface area contributed by atoms with Crippen molar-refractivity contribution in [2.45, 2.75) is 0 Å². The van der Waals surface area contributed by atoms with Crippen molar-refractivity contribution in [2.24, 2.45) is 0 Å². The van der Waals surface area contributed by atoms with Gasteiger partial charge in [0.2, 0.25) is 0 Å². The van der Waals surface area contributed by atoms with Crippen molar-refractivity contribution in [3.8, 4) is 17.0 Å². The van der Waals surface area contributed by atoms with E-state index in [2.05, 4.69) is 10.2 Å². The number of hydrogen-bond donors (Lipinski definition) is 1. The smallest absolute Gasteiger partial charge is 0.168 e. The molecule has 0 spiro atoms. The Bertz CT molecular complexity index is 439. The van der Waals surface area contributed by atoms with Crippen molar-refractivity contribution >= 4 is 0 Å². The molecule has 0 saturated heterocycles. The molecule has 2 rings (SSSR count). The molecule has 0 aliphatic rings. The lowest BCUT2D eigenvalue weighted by atomic mass is 10.1. The van der Waals surface area contributed by atoms with Crippen LogP contribution in [0.2, 0.25) is 0 Å². The standard InChI is InChI=1S/C10H9FN2O/c1-14-8-4-2-3-7(5-8)10-9(11)6-12-13-10/h2-6H,1H3,(H,12,13). The molecule has 3 nitrogen and oxygen atoms in total. The van der Waals surface area contributed by atoms with E-state index in [1.807, 2.05) is 0 Å². The van der Waals surface area contributed by atoms with Crippen LogP contribution in [0.15, 0.2) is 30.5 Å². The van der Waals surface area contributed by atoms with Gasteiger partial charge in [-0.3, -0.25) is 5.10 Å². The van der Waals surface area contributed by atoms with E-state index < -0.39 is 0 Å². The van der Waals surface area contributed by atoms with Gasteiger partial charge in [0.15, 0.2) is 5.82 Å². The average Bonchev–Trinajstić information content (AvgIpc) is 2.65. The van der Waals surface area contributed by atoms with Gasteiger partial charge >= 0.3 is 0 Å². The Balaban J connectivity index is 2.47. The first kappa shape index (κ1) is 8.74. The van der Waals surface area contributed by atoms with Crippen molar-refractivity contribution in [1.29, 1.82) is 0 Å². The summed E-state index contributed by atoms with van der Waals surface area (Å²) in [6, 6.07) is 7.14. The van der Waals surface area contributed by atoms with Crippen LogP contribution >= 0.6 is 0 Å². The number of hydrogen-bond acceptors (Lipinski definition) is 2. The molecule has 2 aromatic rings. The maximum absolute atomic E-state index is 13.1. The van der Waals surface area contributed by atoms with Crippen LogP contribution in [-0.4, -0.2) is 17.3 Å². The Labute approximate surface area is 80.5 Å². The molecular formula is C10H9FN2O. The maximum Gasteiger partial charge on any atom is 0.168 e. The highest BCUT2D eigenvalue weighted by molar-refractivity contribution is 5.61. The monoisotopic (exact) mass is 192 g/mol. The summed E-state index contributed by atoms with van der Waals surface area (Å²) < 4.78 is 18.2. The summed E-state index contributed by atoms with van der Waals surface area (Å²) >= 11 is 0. The Morgan fingerprint density at radius 2 is 2.29 bits per heavy atom. The number of nitrogens with one attached hydrogen (secondary N) is 1. The van der Waals surface area contributed by atoms with Crippen LogP contribution in [0.25, 0.3) is 11.3 Å². The van der Waals surface area contributed by atoms with Gasteiger partial charge in [-0.15, -0.1) is 0 Å². The summed E-state index contributed by atoms with van der Waals surface area (Å²) in [5, 5.41) is 6.21. The molecule has 4 heteroatoms. The summed E-state index contributed by atoms with van der Waals surface area (Å²) in [4.78, 5) is 0. The molecule has 0 amide bonds. The van der Waals surface area contributed by atoms with E-state index in [0.29, 0.717) is 11.4 Å². The molecule has 0 saturated carbocycles. The number of ether oxygens (including phenoxy) is 1. The van der Waals surface area contributed by atoms with E-state index in [9.17, 15) is 4.39 Å². The fraction of sp³-hybridized carbons (Fsp3) is 0.100. The third kappa shape index (κ3) is 1.46. The highest BCUT2D eigenvalue weighted by atomic mass is 19.1. The number of nitrogens with zero attached hydrogens (tertiary/aromatic N) is 1. The molecule has 72 valence electrons. The van der Waals surface area contributed by atoms with Gasteiger partial charge in [0.05, 0.1) is 13.3 Å². The minimum atomic E-state index is -0.363. The Morgan fingerprint density at radius 3 is 2.93 bits per heavy atom. The first-order valence-electron chi connectivity index (χ1n) is 4.14. The minimum absolute atomic E-state index is 0.363. The summed E-state index contributed by atoms with van der Waals surface area (Å²) in [6.07, 6.45) is 1.15. The second kappa shape index (κ2) is 3.49. The van der Waals surface area contributed by atoms with Crippen LogP contribution in [0.1, 0.15) is 0 Å². The second-order valence-corrected chi connectivity index (χ2v) is 2.82. The average molecular weight is 192 g/mol. The number of rotatable bonds is 2. The highest BCUT2D eigenvalue weighted by Gasteiger charge is 2.06. The van der Waals surface area contributed by atoms with Crippen molar-refractivity contribution in [3.63, 3.8) is 0 Å². The number of benzene rings is 1. The zero-order valence-corrected chi connectivity index (χ0v) is 7.62. The quantitative estimate of drug-likeness (QED) is 0.792. The van der Waals surface area contributed by atoms with Crippen LogP contribution in [0.5, 0.6) is 5.75 Å². The fourth-order valence-electron chi connectivity index (χ4n) is 1.25. The van der Waals surface area contributed by atoms with E-state index in [1.54, 1.807) is 31.4 Å². The van der Waals surface area contributed by atoms with Gasteiger partial charge in [-0.2, -0.15) is 5.10 Å². The molecule has 0 aliphatic heterocycles. The van der Waals surface area contributed by atoms with Gasteiger partial charge in [0, 0.05) is 5.56 Å². The Kier molecular flexibility index (Phi) is 2.18. The molecule has 0 unspecified atom stereocenters. The van der Waals surface area contributed by atoms with Crippen molar-refractivity contribution < 1.29 is 9.13 Å². The van der Waals surface area contributed by atoms with Gasteiger partial charge < -0.3 is 4.74 Å². The molecule has 1 aromatic carbocycles. The predicted octanol–water partition coefficient (Wildman–Crippen LogP) is 2.22. The number of methoxy groups -OCH3 is 1. The molecule has 14 heavy (non-hydrogen) atoms. The van der Waals surface area contributed by atoms with Crippen LogP contribution in [0, 0.1) is 5.82 Å². The van der Waals surface area contributed by atoms with Crippen molar-refractivity contribution in [2.75, 3.05) is 7.11 Å². The van der Waals surface area contributed by atoms with E-state index in [1.165, 1.54) is 0 Å². The van der Waals surface area contributed by atoms with E-state index in [4.69, 9.17) is 4.74 Å². The predicted molar refractivity (Wildman–Crippen MR) is 50.5 cm³/mol. The molecular weight excluding hydrogens is 183 g/mol. The third-order valence-electron chi connectivity index (χ3n) is 1.95. The number of H-pyrrole nitrogens is 1. The zero-order chi connectivity index (χ0) is 9.97. The second-order valence-electron chi connectivity index (χ2n) is 2.82. The van der Waals surface area contributed by atoms with Crippen LogP contribution < -0.4 is 4.74 Å². The number of aromatic amines is 1. The molecule has 0 fully saturated rings. The minimum Gasteiger partial charge on any atom is -0.497 e. The first-order chi connectivity index (χ1) is 6.81. The summed E-state index contributed by atoms with van der Waals surface area (Å²) in [5.41, 5.74) is 1.10. The van der Waals surface area contributed by atoms with Crippen molar-refractivity contribution in [3.05, 3.63) is 36.3 Å². The molecule has 0 radical (unpaired) electrons. The topological polar surface area (TPSA) is 37.9 Å². The molecule has 0 bridgehead atoms. The van der Waals surface area contributed by atoms with Gasteiger partial charge in [-0.25, -0.2) is 4.39 Å². The molecule has 1 heterocycles. The molecule has 1 N–H and O–H groups in total. The molecule has 0 aliphatic carbocycles. The third-order valence-corrected chi connectivity index (χ3v) is 1.95. The first-order valence-corrected chi connectivity index (χ1v) is 4.14. The van der Waals surface area contributed by atoms with Crippen LogP contribution in [-0.2, 0) is 0 Å². The molecule has 0 atom stereocenters. The maximum atomic E-state index is 13.1. The fourth-order valence-corrected chi connectivity index (χ4v) is 1.25. The lowest BCUT2D eigenvalue weighted by Gasteiger charge is -2.01. The summed E-state index contributed by atoms with van der Waals surface area (Å²) in [5.74, 6) is 0.328. The van der Waals surface area contributed by atoms with E-state index >= 15 is 0 Å². The van der Waals surface area contributed by atoms with Crippen molar-refractivity contribution in [1.82, 2.24) is 10.2 Å². The number of halogens is 1. The summed E-state index contributed by atoms with van der Waals surface area (Å²) in [7, 11) is 1.57. The lowest BCUT2D eigenvalue weighted by molar-refractivity contribution is 0.415. The van der Waals surface area contributed by atoms with E-state index in [-0.39, 0.29) is 5.82 Å². The van der Waals surface area contributed by atoms with Gasteiger partial charge in [0.25, 0.3) is 0 Å². The Hall–Kier alpha value is -1.84. The van der Waals surface area contributed by atoms with E-state index in [0.717, 1.165) is 11.8 Å². The van der Waals surface area contributed by atoms with Gasteiger partial charge in [-0.05, 0) is 12.1 Å². The van der Waals surface area contributed by atoms with Crippen LogP contribution in [0.3, 0.4) is 0 Å². The zero-order valence-electron chi connectivity index (χ0n) is 7.62. The lowest BCUT2D eigenvalue weighted by Crippen LogP contribution is -1.85. The SMILES string of the molecule is COc1cccc(-c2[nH]ncc2F)c1. The number of aromatic nitrogens is 2.